The average molecular weight is 690 g/mol. The SMILES string of the molecule is C/C(=N/NC(=O)CCCN1C(=O)N(c2ccc(Cl)cc2)[C@H](N(O)C(=O)Nc2ccc(Cl)cc2)C1(C)C)c1ccc(Br)cc1. The summed E-state index contributed by atoms with van der Waals surface area (Å²) in [5, 5.41) is 19.5. The zero-order valence-electron chi connectivity index (χ0n) is 23.7. The Kier molecular flexibility index (Phi) is 10.3. The van der Waals surface area contributed by atoms with E-state index in [9.17, 15) is 19.6 Å². The Balaban J connectivity index is 1.48. The van der Waals surface area contributed by atoms with E-state index in [1.807, 2.05) is 24.3 Å². The average Bonchev–Trinajstić information content (AvgIpc) is 3.17. The summed E-state index contributed by atoms with van der Waals surface area (Å²) in [5.74, 6) is -0.307. The van der Waals surface area contributed by atoms with E-state index in [1.165, 1.54) is 9.80 Å². The Bertz CT molecular complexity index is 1500. The van der Waals surface area contributed by atoms with Crippen LogP contribution < -0.4 is 15.6 Å². The second-order valence-electron chi connectivity index (χ2n) is 10.4. The maximum atomic E-state index is 13.8. The number of urea groups is 2. The number of nitrogens with zero attached hydrogens (tertiary/aromatic N) is 4. The van der Waals surface area contributed by atoms with Crippen molar-refractivity contribution in [2.24, 2.45) is 5.10 Å². The third-order valence-electron chi connectivity index (χ3n) is 7.04. The van der Waals surface area contributed by atoms with Gasteiger partial charge in [-0.05, 0) is 93.4 Å². The van der Waals surface area contributed by atoms with Gasteiger partial charge in [0.25, 0.3) is 0 Å². The Hall–Kier alpha value is -3.64. The molecule has 0 unspecified atom stereocenters. The van der Waals surface area contributed by atoms with Crippen molar-refractivity contribution in [2.45, 2.75) is 45.3 Å². The molecule has 4 rings (SSSR count). The van der Waals surface area contributed by atoms with Crippen LogP contribution in [-0.4, -0.2) is 57.1 Å². The van der Waals surface area contributed by atoms with E-state index in [2.05, 4.69) is 31.8 Å². The highest BCUT2D eigenvalue weighted by Crippen LogP contribution is 2.38. The van der Waals surface area contributed by atoms with E-state index in [-0.39, 0.29) is 18.9 Å². The molecule has 13 heteroatoms. The summed E-state index contributed by atoms with van der Waals surface area (Å²) < 4.78 is 0.941. The molecule has 1 fully saturated rings. The highest BCUT2D eigenvalue weighted by atomic mass is 79.9. The largest absolute Gasteiger partial charge is 0.347 e. The molecule has 1 aliphatic heterocycles. The number of rotatable bonds is 9. The van der Waals surface area contributed by atoms with Crippen LogP contribution in [0.25, 0.3) is 0 Å². The lowest BCUT2D eigenvalue weighted by atomic mass is 9.99. The molecule has 1 saturated heterocycles. The number of benzene rings is 3. The van der Waals surface area contributed by atoms with Gasteiger partial charge in [0.05, 0.1) is 11.3 Å². The monoisotopic (exact) mass is 688 g/mol. The van der Waals surface area contributed by atoms with Gasteiger partial charge < -0.3 is 10.2 Å². The van der Waals surface area contributed by atoms with E-state index in [1.54, 1.807) is 69.3 Å². The molecule has 3 aromatic rings. The molecule has 0 bridgehead atoms. The van der Waals surface area contributed by atoms with Gasteiger partial charge in [0.2, 0.25) is 5.91 Å². The van der Waals surface area contributed by atoms with Crippen LogP contribution in [0.2, 0.25) is 10.0 Å². The molecule has 0 spiro atoms. The molecule has 3 aromatic carbocycles. The number of hydrogen-bond donors (Lipinski definition) is 3. The second-order valence-corrected chi connectivity index (χ2v) is 12.2. The number of hydrazone groups is 1. The van der Waals surface area contributed by atoms with Gasteiger partial charge in [0.1, 0.15) is 0 Å². The normalized spacial score (nSPS) is 16.3. The second kappa shape index (κ2) is 13.8. The van der Waals surface area contributed by atoms with Crippen LogP contribution in [0.5, 0.6) is 0 Å². The standard InChI is InChI=1S/C30H31BrCl2N6O4/c1-19(20-6-8-21(31)9-7-20)35-36-26(40)5-4-18-37-29(42)38(25-16-12-23(33)13-17-25)27(30(37,2)3)39(43)28(41)34-24-14-10-22(32)11-15-24/h6-17,27,43H,4-5,18H2,1-3H3,(H,34,41)(H,36,40)/b35-19-/t27-/m1/s1. The predicted molar refractivity (Wildman–Crippen MR) is 172 cm³/mol. The molecule has 10 nitrogen and oxygen atoms in total. The predicted octanol–water partition coefficient (Wildman–Crippen LogP) is 7.35. The highest BCUT2D eigenvalue weighted by molar-refractivity contribution is 9.10. The first-order valence-corrected chi connectivity index (χ1v) is 14.9. The molecule has 43 heavy (non-hydrogen) atoms. The van der Waals surface area contributed by atoms with Crippen molar-refractivity contribution in [2.75, 3.05) is 16.8 Å². The summed E-state index contributed by atoms with van der Waals surface area (Å²) in [7, 11) is 0. The summed E-state index contributed by atoms with van der Waals surface area (Å²) in [6, 6.07) is 19.2. The van der Waals surface area contributed by atoms with Crippen molar-refractivity contribution >= 4 is 74.2 Å². The summed E-state index contributed by atoms with van der Waals surface area (Å²) >= 11 is 15.4. The fourth-order valence-electron chi connectivity index (χ4n) is 4.76. The Morgan fingerprint density at radius 1 is 1.00 bits per heavy atom. The third kappa shape index (κ3) is 7.66. The van der Waals surface area contributed by atoms with Gasteiger partial charge in [-0.1, -0.05) is 51.3 Å². The quantitative estimate of drug-likeness (QED) is 0.124. The van der Waals surface area contributed by atoms with E-state index in [4.69, 9.17) is 23.2 Å². The maximum Gasteiger partial charge on any atom is 0.347 e. The molecular weight excluding hydrogens is 659 g/mol. The molecule has 0 aliphatic carbocycles. The van der Waals surface area contributed by atoms with E-state index < -0.39 is 23.8 Å². The fraction of sp³-hybridized carbons (Fsp3) is 0.267. The van der Waals surface area contributed by atoms with E-state index >= 15 is 0 Å². The van der Waals surface area contributed by atoms with Gasteiger partial charge in [-0.3, -0.25) is 14.9 Å². The van der Waals surface area contributed by atoms with Crippen LogP contribution in [-0.2, 0) is 4.79 Å². The van der Waals surface area contributed by atoms with Crippen LogP contribution in [0.4, 0.5) is 21.0 Å². The number of amides is 5. The summed E-state index contributed by atoms with van der Waals surface area (Å²) in [5.41, 5.74) is 3.86. The minimum Gasteiger partial charge on any atom is -0.315 e. The molecule has 0 saturated carbocycles. The Morgan fingerprint density at radius 2 is 1.58 bits per heavy atom. The first-order chi connectivity index (χ1) is 20.4. The number of hydrogen-bond acceptors (Lipinski definition) is 5. The lowest BCUT2D eigenvalue weighted by Gasteiger charge is -2.38. The van der Waals surface area contributed by atoms with Gasteiger partial charge in [-0.25, -0.2) is 15.0 Å². The fourth-order valence-corrected chi connectivity index (χ4v) is 5.28. The van der Waals surface area contributed by atoms with Crippen molar-refractivity contribution in [3.8, 4) is 0 Å². The number of carbonyl (C=O) groups is 3. The van der Waals surface area contributed by atoms with Gasteiger partial charge >= 0.3 is 12.1 Å². The Labute approximate surface area is 268 Å². The van der Waals surface area contributed by atoms with Crippen molar-refractivity contribution in [1.82, 2.24) is 15.4 Å². The zero-order chi connectivity index (χ0) is 31.3. The van der Waals surface area contributed by atoms with Crippen molar-refractivity contribution in [3.05, 3.63) is 92.9 Å². The van der Waals surface area contributed by atoms with Crippen LogP contribution in [0.15, 0.2) is 82.4 Å². The summed E-state index contributed by atoms with van der Waals surface area (Å²) in [6.07, 6.45) is -0.708. The maximum absolute atomic E-state index is 13.8. The summed E-state index contributed by atoms with van der Waals surface area (Å²) in [6.45, 7) is 5.47. The molecular formula is C30H31BrCl2N6O4. The van der Waals surface area contributed by atoms with E-state index in [0.29, 0.717) is 38.6 Å². The van der Waals surface area contributed by atoms with Gasteiger partial charge in [0, 0.05) is 38.9 Å². The number of carbonyl (C=O) groups excluding carboxylic acids is 3. The smallest absolute Gasteiger partial charge is 0.315 e. The molecule has 0 aromatic heterocycles. The minimum atomic E-state index is -1.12. The molecule has 226 valence electrons. The van der Waals surface area contributed by atoms with Gasteiger partial charge in [0.15, 0.2) is 6.17 Å². The number of hydroxylamine groups is 2. The number of nitrogens with one attached hydrogen (secondary N) is 2. The summed E-state index contributed by atoms with van der Waals surface area (Å²) in [4.78, 5) is 42.4. The van der Waals surface area contributed by atoms with Crippen molar-refractivity contribution < 1.29 is 19.6 Å². The van der Waals surface area contributed by atoms with Crippen molar-refractivity contribution in [1.29, 1.82) is 0 Å². The van der Waals surface area contributed by atoms with Crippen LogP contribution in [0.1, 0.15) is 39.2 Å². The lowest BCUT2D eigenvalue weighted by molar-refractivity contribution is -0.121. The molecule has 3 N–H and O–H groups in total. The molecule has 0 radical (unpaired) electrons. The van der Waals surface area contributed by atoms with Crippen LogP contribution in [0, 0.1) is 0 Å². The lowest BCUT2D eigenvalue weighted by Crippen LogP contribution is -2.58. The van der Waals surface area contributed by atoms with Crippen LogP contribution in [0.3, 0.4) is 0 Å². The Morgan fingerprint density at radius 3 is 2.19 bits per heavy atom. The molecule has 1 heterocycles. The first kappa shape index (κ1) is 32.3. The van der Waals surface area contributed by atoms with Crippen LogP contribution >= 0.6 is 39.1 Å². The molecule has 5 amide bonds. The van der Waals surface area contributed by atoms with E-state index in [0.717, 1.165) is 10.0 Å². The molecule has 1 atom stereocenters. The third-order valence-corrected chi connectivity index (χ3v) is 8.08. The highest BCUT2D eigenvalue weighted by Gasteiger charge is 2.55. The molecule has 1 aliphatic rings. The number of anilines is 2. The number of halogens is 3. The minimum absolute atomic E-state index is 0.0997. The van der Waals surface area contributed by atoms with Gasteiger partial charge in [-0.2, -0.15) is 10.2 Å². The van der Waals surface area contributed by atoms with Crippen molar-refractivity contribution in [3.63, 3.8) is 0 Å². The topological polar surface area (TPSA) is 118 Å². The first-order valence-electron chi connectivity index (χ1n) is 13.4. The zero-order valence-corrected chi connectivity index (χ0v) is 26.8. The van der Waals surface area contributed by atoms with Gasteiger partial charge in [-0.15, -0.1) is 0 Å².